The van der Waals surface area contributed by atoms with Crippen molar-refractivity contribution in [3.8, 4) is 0 Å². The fourth-order valence-corrected chi connectivity index (χ4v) is 5.22. The van der Waals surface area contributed by atoms with Gasteiger partial charge >= 0.3 is 153 Å². The van der Waals surface area contributed by atoms with Gasteiger partial charge in [0, 0.05) is 0 Å². The van der Waals surface area contributed by atoms with Crippen LogP contribution in [0.4, 0.5) is 0 Å². The monoisotopic (exact) mass is 402 g/mol. The van der Waals surface area contributed by atoms with Crippen LogP contribution in [0.3, 0.4) is 0 Å². The van der Waals surface area contributed by atoms with Gasteiger partial charge in [-0.15, -0.1) is 0 Å². The third-order valence-electron chi connectivity index (χ3n) is 3.75. The van der Waals surface area contributed by atoms with Crippen LogP contribution in [0.2, 0.25) is 19.6 Å². The summed E-state index contributed by atoms with van der Waals surface area (Å²) in [6.07, 6.45) is 5.16. The van der Waals surface area contributed by atoms with Crippen molar-refractivity contribution in [3.63, 3.8) is 0 Å². The van der Waals surface area contributed by atoms with Crippen molar-refractivity contribution >= 4 is 32.9 Å². The summed E-state index contributed by atoms with van der Waals surface area (Å²) in [4.78, 5) is 12.5. The fraction of sp³-hybridized carbons (Fsp3) is 0.286. The normalized spacial score (nSPS) is 12.2. The Kier molecular flexibility index (Phi) is 7.23. The molecule has 0 saturated carbocycles. The first-order valence-electron chi connectivity index (χ1n) is 8.47. The molecule has 0 aromatic heterocycles. The number of carbonyl (C=O) groups excluding carboxylic acids is 1. The van der Waals surface area contributed by atoms with Gasteiger partial charge < -0.3 is 0 Å². The van der Waals surface area contributed by atoms with Crippen LogP contribution in [-0.2, 0) is 11.2 Å². The zero-order valence-electron chi connectivity index (χ0n) is 14.8. The van der Waals surface area contributed by atoms with Crippen LogP contribution in [0.1, 0.15) is 18.4 Å². The van der Waals surface area contributed by atoms with E-state index in [1.165, 1.54) is 14.5 Å². The molecule has 0 bridgehead atoms. The summed E-state index contributed by atoms with van der Waals surface area (Å²) in [5, 5.41) is 0.370. The van der Waals surface area contributed by atoms with Crippen LogP contribution in [0, 0.1) is 0 Å². The van der Waals surface area contributed by atoms with Gasteiger partial charge in [0.2, 0.25) is 0 Å². The molecule has 2 aromatic carbocycles. The molecule has 0 heterocycles. The van der Waals surface area contributed by atoms with Crippen LogP contribution < -0.4 is 4.46 Å². The van der Waals surface area contributed by atoms with Crippen molar-refractivity contribution in [1.82, 2.24) is 0 Å². The summed E-state index contributed by atoms with van der Waals surface area (Å²) in [7, 11) is -1.75. The van der Waals surface area contributed by atoms with E-state index in [0.29, 0.717) is 5.41 Å². The van der Waals surface area contributed by atoms with Crippen LogP contribution in [0.5, 0.6) is 0 Å². The molecular formula is C21H26OSeSi. The van der Waals surface area contributed by atoms with Crippen LogP contribution in [0.25, 0.3) is 0 Å². The molecule has 0 aliphatic carbocycles. The minimum absolute atomic E-state index is 0.243. The summed E-state index contributed by atoms with van der Waals surface area (Å²) in [5.41, 5.74) is 1.38. The zero-order chi connectivity index (χ0) is 17.4. The average molecular weight is 401 g/mol. The third-order valence-corrected chi connectivity index (χ3v) is 7.67. The molecule has 0 atom stereocenters. The molecule has 0 N–H and O–H groups in total. The zero-order valence-corrected chi connectivity index (χ0v) is 17.5. The maximum absolute atomic E-state index is 12.5. The van der Waals surface area contributed by atoms with Gasteiger partial charge in [-0.2, -0.15) is 0 Å². The molecule has 2 rings (SSSR count). The van der Waals surface area contributed by atoms with Crippen molar-refractivity contribution in [2.24, 2.45) is 0 Å². The van der Waals surface area contributed by atoms with Crippen molar-refractivity contribution in [2.75, 3.05) is 0 Å². The number of hydrogen-bond acceptors (Lipinski definition) is 1. The predicted molar refractivity (Wildman–Crippen MR) is 108 cm³/mol. The molecule has 0 saturated heterocycles. The Bertz CT molecular complexity index is 672. The summed E-state index contributed by atoms with van der Waals surface area (Å²) in [6.45, 7) is 6.38. The van der Waals surface area contributed by atoms with E-state index in [1.807, 2.05) is 12.1 Å². The molecule has 24 heavy (non-hydrogen) atoms. The van der Waals surface area contributed by atoms with E-state index >= 15 is 0 Å². The van der Waals surface area contributed by atoms with Crippen molar-refractivity contribution in [3.05, 3.63) is 76.8 Å². The van der Waals surface area contributed by atoms with Crippen molar-refractivity contribution in [1.29, 1.82) is 0 Å². The van der Waals surface area contributed by atoms with Crippen LogP contribution in [0.15, 0.2) is 71.2 Å². The van der Waals surface area contributed by atoms with E-state index in [9.17, 15) is 4.79 Å². The number of allylic oxidation sites excluding steroid dienone is 2. The Morgan fingerprint density at radius 3 is 2.12 bits per heavy atom. The van der Waals surface area contributed by atoms with E-state index in [4.69, 9.17) is 0 Å². The molecule has 0 amide bonds. The third kappa shape index (κ3) is 6.60. The standard InChI is InChI=1S/C21H26OSeSi/c1-24(2,3)21(22)17-20(23-19-14-8-5-9-15-19)16-10-13-18-11-6-4-7-12-18/h4-9,11-12,14-15,17H,10,13,16H2,1-3H3/b20-17-. The van der Waals surface area contributed by atoms with Gasteiger partial charge in [-0.3, -0.25) is 0 Å². The minimum atomic E-state index is -1.75. The number of carbonyl (C=O) groups is 1. The van der Waals surface area contributed by atoms with E-state index in [1.54, 1.807) is 0 Å². The van der Waals surface area contributed by atoms with Crippen LogP contribution in [-0.4, -0.2) is 28.4 Å². The predicted octanol–water partition coefficient (Wildman–Crippen LogP) is 4.37. The molecule has 0 radical (unpaired) electrons. The Morgan fingerprint density at radius 1 is 0.958 bits per heavy atom. The fourth-order valence-electron chi connectivity index (χ4n) is 2.27. The average Bonchev–Trinajstić information content (AvgIpc) is 2.56. The van der Waals surface area contributed by atoms with E-state index in [2.05, 4.69) is 74.2 Å². The first-order chi connectivity index (χ1) is 11.4. The molecule has 0 unspecified atom stereocenters. The van der Waals surface area contributed by atoms with E-state index in [0.717, 1.165) is 19.3 Å². The SMILES string of the molecule is C[Si](C)(C)C(=O)/C=C(/CCCc1ccccc1)[Se]c1ccccc1. The number of rotatable bonds is 8. The second-order valence-corrected chi connectivity index (χ2v) is 14.5. The number of benzene rings is 2. The van der Waals surface area contributed by atoms with E-state index in [-0.39, 0.29) is 15.0 Å². The molecule has 0 aliphatic heterocycles. The quantitative estimate of drug-likeness (QED) is 0.474. The van der Waals surface area contributed by atoms with Gasteiger partial charge in [0.05, 0.1) is 0 Å². The summed E-state index contributed by atoms with van der Waals surface area (Å²) < 4.78 is 2.68. The van der Waals surface area contributed by atoms with Crippen molar-refractivity contribution < 1.29 is 4.79 Å². The number of aryl methyl sites for hydroxylation is 1. The summed E-state index contributed by atoms with van der Waals surface area (Å²) in [6, 6.07) is 21.2. The maximum atomic E-state index is 12.5. The van der Waals surface area contributed by atoms with Gasteiger partial charge in [0.15, 0.2) is 0 Å². The Morgan fingerprint density at radius 2 is 1.54 bits per heavy atom. The molecule has 2 aromatic rings. The molecular weight excluding hydrogens is 375 g/mol. The molecule has 1 nitrogen and oxygen atoms in total. The van der Waals surface area contributed by atoms with E-state index < -0.39 is 8.07 Å². The Labute approximate surface area is 153 Å². The van der Waals surface area contributed by atoms with Crippen molar-refractivity contribution in [2.45, 2.75) is 38.9 Å². The number of hydrogen-bond donors (Lipinski definition) is 0. The topological polar surface area (TPSA) is 17.1 Å². The van der Waals surface area contributed by atoms with Gasteiger partial charge in [0.25, 0.3) is 0 Å². The summed E-state index contributed by atoms with van der Waals surface area (Å²) in [5.74, 6) is 0. The molecule has 3 heteroatoms. The molecule has 126 valence electrons. The second-order valence-electron chi connectivity index (χ2n) is 6.98. The van der Waals surface area contributed by atoms with Crippen LogP contribution >= 0.6 is 0 Å². The van der Waals surface area contributed by atoms with Gasteiger partial charge in [-0.05, 0) is 0 Å². The van der Waals surface area contributed by atoms with Gasteiger partial charge in [-0.25, -0.2) is 0 Å². The first kappa shape index (κ1) is 18.9. The molecule has 0 aliphatic rings. The first-order valence-corrected chi connectivity index (χ1v) is 13.7. The second kappa shape index (κ2) is 9.17. The Balaban J connectivity index is 2.04. The van der Waals surface area contributed by atoms with Gasteiger partial charge in [-0.1, -0.05) is 0 Å². The summed E-state index contributed by atoms with van der Waals surface area (Å²) >= 11 is 0.243. The van der Waals surface area contributed by atoms with Gasteiger partial charge in [0.1, 0.15) is 0 Å². The molecule has 0 fully saturated rings. The Hall–Kier alpha value is -1.41. The molecule has 0 spiro atoms.